The number of nitrogens with zero attached hydrogens (tertiary/aromatic N) is 5. The molecule has 8 nitrogen and oxygen atoms in total. The van der Waals surface area contributed by atoms with Crippen molar-refractivity contribution < 1.29 is 4.74 Å². The van der Waals surface area contributed by atoms with Crippen LogP contribution < -0.4 is 10.6 Å². The molecule has 0 spiro atoms. The molecule has 0 aromatic carbocycles. The van der Waals surface area contributed by atoms with E-state index < -0.39 is 0 Å². The van der Waals surface area contributed by atoms with E-state index in [9.17, 15) is 0 Å². The zero-order chi connectivity index (χ0) is 18.8. The van der Waals surface area contributed by atoms with Crippen LogP contribution in [0.3, 0.4) is 0 Å². The molecule has 146 valence electrons. The maximum absolute atomic E-state index is 5.46. The average Bonchev–Trinajstić information content (AvgIpc) is 3.11. The largest absolute Gasteiger partial charge is 0.379 e. The van der Waals surface area contributed by atoms with Crippen LogP contribution in [0.25, 0.3) is 0 Å². The lowest BCUT2D eigenvalue weighted by molar-refractivity contribution is -0.00683. The van der Waals surface area contributed by atoms with E-state index in [1.165, 1.54) is 0 Å². The second kappa shape index (κ2) is 10.3. The number of ether oxygens (including phenoxy) is 1. The molecule has 2 heterocycles. The Morgan fingerprint density at radius 3 is 2.85 bits per heavy atom. The zero-order valence-corrected chi connectivity index (χ0v) is 16.4. The summed E-state index contributed by atoms with van der Waals surface area (Å²) in [6.45, 7) is 16.8. The van der Waals surface area contributed by atoms with Crippen LogP contribution in [0.15, 0.2) is 24.0 Å². The van der Waals surface area contributed by atoms with E-state index in [1.807, 2.05) is 6.08 Å². The SMILES string of the molecule is C=CCNC(=NCC(C)(C)N1CCOCC1)NCCn1cnnc1CC. The standard InChI is InChI=1S/C18H33N7O/c1-5-7-19-17(20-8-9-24-15-22-23-16(24)6-2)21-14-18(3,4)25-10-12-26-13-11-25/h5,15H,1,6-14H2,2-4H3,(H2,19,20,21). The van der Waals surface area contributed by atoms with Crippen molar-refractivity contribution in [1.29, 1.82) is 0 Å². The van der Waals surface area contributed by atoms with E-state index in [0.717, 1.165) is 57.6 Å². The molecular formula is C18H33N7O. The van der Waals surface area contributed by atoms with Crippen molar-refractivity contribution in [1.82, 2.24) is 30.3 Å². The number of nitrogens with one attached hydrogen (secondary N) is 2. The lowest BCUT2D eigenvalue weighted by Gasteiger charge is -2.39. The van der Waals surface area contributed by atoms with Crippen LogP contribution in [-0.4, -0.2) is 77.1 Å². The molecule has 0 unspecified atom stereocenters. The molecule has 2 rings (SSSR count). The molecule has 0 amide bonds. The van der Waals surface area contributed by atoms with Crippen molar-refractivity contribution in [3.05, 3.63) is 24.8 Å². The Hall–Kier alpha value is -1.93. The molecule has 1 aromatic rings. The monoisotopic (exact) mass is 363 g/mol. The Morgan fingerprint density at radius 2 is 2.15 bits per heavy atom. The van der Waals surface area contributed by atoms with Gasteiger partial charge in [0.25, 0.3) is 0 Å². The quantitative estimate of drug-likeness (QED) is 0.381. The second-order valence-corrected chi connectivity index (χ2v) is 6.97. The molecule has 1 aromatic heterocycles. The lowest BCUT2D eigenvalue weighted by atomic mass is 10.0. The van der Waals surface area contributed by atoms with E-state index in [0.29, 0.717) is 13.1 Å². The minimum absolute atomic E-state index is 0.00375. The number of aromatic nitrogens is 3. The second-order valence-electron chi connectivity index (χ2n) is 6.97. The minimum atomic E-state index is -0.00375. The predicted octanol–water partition coefficient (Wildman–Crippen LogP) is 0.673. The van der Waals surface area contributed by atoms with E-state index in [1.54, 1.807) is 6.33 Å². The first-order valence-corrected chi connectivity index (χ1v) is 9.39. The van der Waals surface area contributed by atoms with Crippen molar-refractivity contribution in [2.75, 3.05) is 45.9 Å². The zero-order valence-electron chi connectivity index (χ0n) is 16.4. The van der Waals surface area contributed by atoms with E-state index >= 15 is 0 Å². The minimum Gasteiger partial charge on any atom is -0.379 e. The fourth-order valence-electron chi connectivity index (χ4n) is 2.92. The molecule has 1 saturated heterocycles. The molecule has 1 aliphatic rings. The van der Waals surface area contributed by atoms with Crippen molar-refractivity contribution >= 4 is 5.96 Å². The highest BCUT2D eigenvalue weighted by Gasteiger charge is 2.28. The van der Waals surface area contributed by atoms with Crippen LogP contribution in [0.5, 0.6) is 0 Å². The highest BCUT2D eigenvalue weighted by atomic mass is 16.5. The summed E-state index contributed by atoms with van der Waals surface area (Å²) in [5.41, 5.74) is -0.00375. The van der Waals surface area contributed by atoms with E-state index in [-0.39, 0.29) is 5.54 Å². The van der Waals surface area contributed by atoms with Crippen LogP contribution >= 0.6 is 0 Å². The summed E-state index contributed by atoms with van der Waals surface area (Å²) in [4.78, 5) is 7.23. The Labute approximate surface area is 156 Å². The molecule has 2 N–H and O–H groups in total. The van der Waals surface area contributed by atoms with E-state index in [2.05, 4.69) is 57.6 Å². The van der Waals surface area contributed by atoms with Crippen LogP contribution in [0, 0.1) is 0 Å². The van der Waals surface area contributed by atoms with Crippen LogP contribution in [-0.2, 0) is 17.7 Å². The number of rotatable bonds is 9. The highest BCUT2D eigenvalue weighted by Crippen LogP contribution is 2.16. The fraction of sp³-hybridized carbons (Fsp3) is 0.722. The van der Waals surface area contributed by atoms with Crippen molar-refractivity contribution in [3.8, 4) is 0 Å². The summed E-state index contributed by atoms with van der Waals surface area (Å²) in [5.74, 6) is 1.80. The summed E-state index contributed by atoms with van der Waals surface area (Å²) >= 11 is 0. The molecule has 0 bridgehead atoms. The summed E-state index contributed by atoms with van der Waals surface area (Å²) in [6.07, 6.45) is 4.48. The average molecular weight is 364 g/mol. The first-order chi connectivity index (χ1) is 12.6. The van der Waals surface area contributed by atoms with Gasteiger partial charge in [-0.15, -0.1) is 16.8 Å². The summed E-state index contributed by atoms with van der Waals surface area (Å²) in [7, 11) is 0. The fourth-order valence-corrected chi connectivity index (χ4v) is 2.92. The Morgan fingerprint density at radius 1 is 1.38 bits per heavy atom. The van der Waals surface area contributed by atoms with Gasteiger partial charge in [0.15, 0.2) is 5.96 Å². The van der Waals surface area contributed by atoms with Gasteiger partial charge in [-0.3, -0.25) is 9.89 Å². The van der Waals surface area contributed by atoms with Gasteiger partial charge in [0.1, 0.15) is 12.2 Å². The molecule has 0 atom stereocenters. The maximum Gasteiger partial charge on any atom is 0.191 e. The van der Waals surface area contributed by atoms with Gasteiger partial charge in [-0.2, -0.15) is 0 Å². The lowest BCUT2D eigenvalue weighted by Crippen LogP contribution is -2.52. The summed E-state index contributed by atoms with van der Waals surface area (Å²) in [6, 6.07) is 0. The third-order valence-corrected chi connectivity index (χ3v) is 4.56. The molecule has 26 heavy (non-hydrogen) atoms. The predicted molar refractivity (Wildman–Crippen MR) is 104 cm³/mol. The van der Waals surface area contributed by atoms with Gasteiger partial charge in [-0.1, -0.05) is 13.0 Å². The topological polar surface area (TPSA) is 79.6 Å². The number of aryl methyl sites for hydroxylation is 1. The van der Waals surface area contributed by atoms with Crippen LogP contribution in [0.4, 0.5) is 0 Å². The number of morpholine rings is 1. The van der Waals surface area contributed by atoms with Crippen LogP contribution in [0.2, 0.25) is 0 Å². The third-order valence-electron chi connectivity index (χ3n) is 4.56. The number of aliphatic imine (C=N–C) groups is 1. The van der Waals surface area contributed by atoms with Gasteiger partial charge in [0, 0.05) is 44.7 Å². The highest BCUT2D eigenvalue weighted by molar-refractivity contribution is 5.79. The molecule has 1 aliphatic heterocycles. The normalized spacial score (nSPS) is 16.5. The van der Waals surface area contributed by atoms with Gasteiger partial charge in [0.05, 0.1) is 19.8 Å². The van der Waals surface area contributed by atoms with Gasteiger partial charge in [-0.25, -0.2) is 0 Å². The third kappa shape index (κ3) is 6.10. The van der Waals surface area contributed by atoms with Crippen molar-refractivity contribution in [2.24, 2.45) is 4.99 Å². The van der Waals surface area contributed by atoms with Gasteiger partial charge < -0.3 is 19.9 Å². The smallest absolute Gasteiger partial charge is 0.191 e. The molecular weight excluding hydrogens is 330 g/mol. The number of hydrogen-bond donors (Lipinski definition) is 2. The molecule has 1 fully saturated rings. The van der Waals surface area contributed by atoms with Gasteiger partial charge >= 0.3 is 0 Å². The Kier molecular flexibility index (Phi) is 8.06. The molecule has 0 radical (unpaired) electrons. The van der Waals surface area contributed by atoms with Crippen molar-refractivity contribution in [2.45, 2.75) is 39.3 Å². The van der Waals surface area contributed by atoms with Gasteiger partial charge in [0.2, 0.25) is 0 Å². The first-order valence-electron chi connectivity index (χ1n) is 9.39. The molecule has 8 heteroatoms. The first kappa shape index (κ1) is 20.4. The summed E-state index contributed by atoms with van der Waals surface area (Å²) in [5, 5.41) is 14.8. The van der Waals surface area contributed by atoms with E-state index in [4.69, 9.17) is 9.73 Å². The maximum atomic E-state index is 5.46. The number of guanidine groups is 1. The summed E-state index contributed by atoms with van der Waals surface area (Å²) < 4.78 is 7.52. The van der Waals surface area contributed by atoms with Gasteiger partial charge in [-0.05, 0) is 13.8 Å². The Balaban J connectivity index is 1.90. The Bertz CT molecular complexity index is 576. The van der Waals surface area contributed by atoms with Crippen LogP contribution in [0.1, 0.15) is 26.6 Å². The molecule has 0 saturated carbocycles. The number of hydrogen-bond acceptors (Lipinski definition) is 5. The molecule has 0 aliphatic carbocycles. The van der Waals surface area contributed by atoms with Crippen molar-refractivity contribution in [3.63, 3.8) is 0 Å².